The van der Waals surface area contributed by atoms with E-state index >= 15 is 0 Å². The zero-order chi connectivity index (χ0) is 24.1. The molecule has 2 aromatic heterocycles. The second-order valence-corrected chi connectivity index (χ2v) is 10.1. The Bertz CT molecular complexity index is 1200. The summed E-state index contributed by atoms with van der Waals surface area (Å²) < 4.78 is 20.6. The molecule has 0 radical (unpaired) electrons. The van der Waals surface area contributed by atoms with Crippen LogP contribution in [0.15, 0.2) is 29.4 Å². The van der Waals surface area contributed by atoms with Crippen molar-refractivity contribution in [1.29, 1.82) is 5.26 Å². The van der Waals surface area contributed by atoms with E-state index in [0.29, 0.717) is 39.8 Å². The van der Waals surface area contributed by atoms with Crippen molar-refractivity contribution in [2.75, 3.05) is 11.1 Å². The highest BCUT2D eigenvalue weighted by molar-refractivity contribution is 7.99. The number of nitrogens with zero attached hydrogens (tertiary/aromatic N) is 4. The number of halogens is 1. The molecule has 3 aromatic rings. The third kappa shape index (κ3) is 5.42. The third-order valence-electron chi connectivity index (χ3n) is 5.93. The molecule has 1 aliphatic carbocycles. The van der Waals surface area contributed by atoms with Crippen molar-refractivity contribution in [3.8, 4) is 11.8 Å². The highest BCUT2D eigenvalue weighted by Gasteiger charge is 2.26. The van der Waals surface area contributed by atoms with Gasteiger partial charge < -0.3 is 14.6 Å². The standard InChI is InChI=1S/C24H26FN5O2S2/c1-3-15-5-10-18-19(12-26)23(34-20(18)11-15)27-22(31)14-33-24-29-28-21(30(24)4-2)13-32-17-8-6-16(25)7-9-17/h6-9,15H,3-5,10-11,13-14H2,1-2H3,(H,27,31). The van der Waals surface area contributed by atoms with Crippen molar-refractivity contribution < 1.29 is 13.9 Å². The Balaban J connectivity index is 1.37. The maximum Gasteiger partial charge on any atom is 0.235 e. The summed E-state index contributed by atoms with van der Waals surface area (Å²) in [5.41, 5.74) is 1.72. The molecule has 0 fully saturated rings. The number of ether oxygens (including phenoxy) is 1. The largest absolute Gasteiger partial charge is 0.486 e. The topological polar surface area (TPSA) is 92.8 Å². The molecule has 7 nitrogen and oxygen atoms in total. The molecule has 1 unspecified atom stereocenters. The van der Waals surface area contributed by atoms with Gasteiger partial charge in [-0.05, 0) is 61.9 Å². The lowest BCUT2D eigenvalue weighted by atomic mass is 9.86. The lowest BCUT2D eigenvalue weighted by molar-refractivity contribution is -0.113. The second-order valence-electron chi connectivity index (χ2n) is 8.06. The van der Waals surface area contributed by atoms with E-state index in [-0.39, 0.29) is 24.1 Å². The van der Waals surface area contributed by atoms with Crippen LogP contribution in [0.1, 0.15) is 48.5 Å². The lowest BCUT2D eigenvalue weighted by Gasteiger charge is -2.20. The molecule has 2 heterocycles. The van der Waals surface area contributed by atoms with Gasteiger partial charge in [0.15, 0.2) is 11.0 Å². The van der Waals surface area contributed by atoms with E-state index < -0.39 is 0 Å². The molecule has 1 aliphatic rings. The number of thioether (sulfide) groups is 1. The quantitative estimate of drug-likeness (QED) is 0.407. The number of thiophene rings is 1. The fourth-order valence-electron chi connectivity index (χ4n) is 4.03. The Morgan fingerprint density at radius 3 is 2.85 bits per heavy atom. The fourth-order valence-corrected chi connectivity index (χ4v) is 6.18. The highest BCUT2D eigenvalue weighted by atomic mass is 32.2. The predicted octanol–water partition coefficient (Wildman–Crippen LogP) is 5.19. The minimum atomic E-state index is -0.323. The van der Waals surface area contributed by atoms with E-state index in [9.17, 15) is 14.4 Å². The second kappa shape index (κ2) is 11.0. The number of benzene rings is 1. The van der Waals surface area contributed by atoms with Crippen LogP contribution in [0.3, 0.4) is 0 Å². The molecule has 0 saturated carbocycles. The van der Waals surface area contributed by atoms with Crippen molar-refractivity contribution in [3.05, 3.63) is 51.9 Å². The zero-order valence-corrected chi connectivity index (χ0v) is 20.8. The van der Waals surface area contributed by atoms with Crippen LogP contribution >= 0.6 is 23.1 Å². The number of rotatable bonds is 9. The zero-order valence-electron chi connectivity index (χ0n) is 19.1. The van der Waals surface area contributed by atoms with Crippen LogP contribution in [0.5, 0.6) is 5.75 Å². The van der Waals surface area contributed by atoms with Gasteiger partial charge in [-0.1, -0.05) is 25.1 Å². The Labute approximate surface area is 206 Å². The Hall–Kier alpha value is -2.90. The lowest BCUT2D eigenvalue weighted by Crippen LogP contribution is -2.15. The van der Waals surface area contributed by atoms with Gasteiger partial charge in [-0.15, -0.1) is 21.5 Å². The number of aromatic nitrogens is 3. The SMILES string of the molecule is CCC1CCc2c(sc(NC(=O)CSc3nnc(COc4ccc(F)cc4)n3CC)c2C#N)C1. The van der Waals surface area contributed by atoms with Crippen LogP contribution in [0.4, 0.5) is 9.39 Å². The summed E-state index contributed by atoms with van der Waals surface area (Å²) in [5.74, 6) is 1.47. The molecule has 178 valence electrons. The minimum Gasteiger partial charge on any atom is -0.486 e. The summed E-state index contributed by atoms with van der Waals surface area (Å²) in [6, 6.07) is 8.09. The van der Waals surface area contributed by atoms with E-state index in [4.69, 9.17) is 4.74 Å². The Kier molecular flexibility index (Phi) is 7.85. The number of nitrogens with one attached hydrogen (secondary N) is 1. The van der Waals surface area contributed by atoms with Crippen LogP contribution in [0.2, 0.25) is 0 Å². The summed E-state index contributed by atoms with van der Waals surface area (Å²) in [5, 5.41) is 22.3. The van der Waals surface area contributed by atoms with Crippen LogP contribution in [0, 0.1) is 23.1 Å². The number of amides is 1. The van der Waals surface area contributed by atoms with E-state index in [1.807, 2.05) is 11.5 Å². The Morgan fingerprint density at radius 2 is 2.15 bits per heavy atom. The van der Waals surface area contributed by atoms with Crippen LogP contribution in [0.25, 0.3) is 0 Å². The van der Waals surface area contributed by atoms with Gasteiger partial charge >= 0.3 is 0 Å². The molecule has 1 atom stereocenters. The van der Waals surface area contributed by atoms with Crippen LogP contribution < -0.4 is 10.1 Å². The van der Waals surface area contributed by atoms with Gasteiger partial charge in [-0.3, -0.25) is 4.79 Å². The van der Waals surface area contributed by atoms with Crippen molar-refractivity contribution in [2.45, 2.75) is 57.8 Å². The molecule has 34 heavy (non-hydrogen) atoms. The molecule has 0 spiro atoms. The van der Waals surface area contributed by atoms with Gasteiger partial charge in [-0.2, -0.15) is 5.26 Å². The van der Waals surface area contributed by atoms with Crippen LogP contribution in [-0.4, -0.2) is 26.4 Å². The summed E-state index contributed by atoms with van der Waals surface area (Å²) >= 11 is 2.83. The summed E-state index contributed by atoms with van der Waals surface area (Å²) in [6.45, 7) is 4.97. The molecule has 10 heteroatoms. The first-order valence-corrected chi connectivity index (χ1v) is 13.1. The maximum atomic E-state index is 13.1. The van der Waals surface area contributed by atoms with Crippen molar-refractivity contribution in [1.82, 2.24) is 14.8 Å². The first-order chi connectivity index (χ1) is 16.5. The fraction of sp³-hybridized carbons (Fsp3) is 0.417. The molecule has 4 rings (SSSR count). The number of fused-ring (bicyclic) bond motifs is 1. The molecule has 0 bridgehead atoms. The molecule has 0 saturated heterocycles. The van der Waals surface area contributed by atoms with Gasteiger partial charge in [0.25, 0.3) is 0 Å². The van der Waals surface area contributed by atoms with Crippen molar-refractivity contribution >= 4 is 34.0 Å². The average molecular weight is 500 g/mol. The third-order valence-corrected chi connectivity index (χ3v) is 8.07. The summed E-state index contributed by atoms with van der Waals surface area (Å²) in [7, 11) is 0. The number of hydrogen-bond donors (Lipinski definition) is 1. The number of anilines is 1. The van der Waals surface area contributed by atoms with Gasteiger partial charge in [0.1, 0.15) is 29.2 Å². The van der Waals surface area contributed by atoms with E-state index in [2.05, 4.69) is 28.5 Å². The highest BCUT2D eigenvalue weighted by Crippen LogP contribution is 2.40. The van der Waals surface area contributed by atoms with Crippen molar-refractivity contribution in [3.63, 3.8) is 0 Å². The van der Waals surface area contributed by atoms with E-state index in [1.54, 1.807) is 12.1 Å². The van der Waals surface area contributed by atoms with Crippen molar-refractivity contribution in [2.24, 2.45) is 5.92 Å². The van der Waals surface area contributed by atoms with Gasteiger partial charge in [0, 0.05) is 11.4 Å². The Morgan fingerprint density at radius 1 is 1.35 bits per heavy atom. The van der Waals surface area contributed by atoms with Gasteiger partial charge in [0.05, 0.1) is 11.3 Å². The average Bonchev–Trinajstić information content (AvgIpc) is 3.41. The maximum absolute atomic E-state index is 13.1. The number of hydrogen-bond acceptors (Lipinski definition) is 7. The summed E-state index contributed by atoms with van der Waals surface area (Å²) in [6.07, 6.45) is 4.11. The smallest absolute Gasteiger partial charge is 0.235 e. The number of nitriles is 1. The van der Waals surface area contributed by atoms with Gasteiger partial charge in [0.2, 0.25) is 5.91 Å². The normalized spacial score (nSPS) is 14.9. The predicted molar refractivity (Wildman–Crippen MR) is 131 cm³/mol. The van der Waals surface area contributed by atoms with E-state index in [1.165, 1.54) is 40.1 Å². The number of carbonyl (C=O) groups is 1. The molecule has 1 amide bonds. The monoisotopic (exact) mass is 499 g/mol. The first kappa shape index (κ1) is 24.2. The molecular formula is C24H26FN5O2S2. The molecular weight excluding hydrogens is 473 g/mol. The first-order valence-electron chi connectivity index (χ1n) is 11.3. The molecule has 1 N–H and O–H groups in total. The van der Waals surface area contributed by atoms with Gasteiger partial charge in [-0.25, -0.2) is 4.39 Å². The van der Waals surface area contributed by atoms with Crippen LogP contribution in [-0.2, 0) is 30.8 Å². The molecule has 0 aliphatic heterocycles. The van der Waals surface area contributed by atoms with E-state index in [0.717, 1.165) is 31.2 Å². The minimum absolute atomic E-state index is 0.155. The number of carbonyl (C=O) groups excluding carboxylic acids is 1. The molecule has 1 aromatic carbocycles. The summed E-state index contributed by atoms with van der Waals surface area (Å²) in [4.78, 5) is 13.9.